The average molecular weight is 246 g/mol. The number of hydrogen-bond donors (Lipinski definition) is 1. The highest BCUT2D eigenvalue weighted by Crippen LogP contribution is 2.22. The second-order valence-electron chi connectivity index (χ2n) is 5.54. The van der Waals surface area contributed by atoms with Gasteiger partial charge < -0.3 is 5.32 Å². The smallest absolute Gasteiger partial charge is 0.0449 e. The second kappa shape index (κ2) is 6.35. The van der Waals surface area contributed by atoms with Crippen LogP contribution in [0.25, 0.3) is 0 Å². The summed E-state index contributed by atoms with van der Waals surface area (Å²) in [6.07, 6.45) is 4.10. The van der Waals surface area contributed by atoms with Crippen molar-refractivity contribution in [2.24, 2.45) is 0 Å². The first kappa shape index (κ1) is 13.6. The summed E-state index contributed by atoms with van der Waals surface area (Å²) >= 11 is 0. The zero-order chi connectivity index (χ0) is 13.0. The summed E-state index contributed by atoms with van der Waals surface area (Å²) in [6.45, 7) is 6.96. The summed E-state index contributed by atoms with van der Waals surface area (Å²) in [5.74, 6) is 0. The first-order valence-corrected chi connectivity index (χ1v) is 7.19. The Hall–Kier alpha value is -0.860. The number of nitrogens with zero attached hydrogens (tertiary/aromatic N) is 1. The van der Waals surface area contributed by atoms with Crippen molar-refractivity contribution in [3.8, 4) is 0 Å². The van der Waals surface area contributed by atoms with E-state index in [4.69, 9.17) is 0 Å². The van der Waals surface area contributed by atoms with E-state index in [0.29, 0.717) is 6.04 Å². The summed E-state index contributed by atoms with van der Waals surface area (Å²) in [6, 6.07) is 9.91. The summed E-state index contributed by atoms with van der Waals surface area (Å²) < 4.78 is 0. The van der Waals surface area contributed by atoms with Gasteiger partial charge in [-0.3, -0.25) is 4.90 Å². The van der Waals surface area contributed by atoms with Crippen LogP contribution in [0.15, 0.2) is 24.3 Å². The van der Waals surface area contributed by atoms with Crippen LogP contribution < -0.4 is 5.32 Å². The van der Waals surface area contributed by atoms with Gasteiger partial charge in [0, 0.05) is 18.6 Å². The van der Waals surface area contributed by atoms with Crippen molar-refractivity contribution in [1.29, 1.82) is 0 Å². The Labute approximate surface area is 111 Å². The van der Waals surface area contributed by atoms with Crippen LogP contribution in [0, 0.1) is 6.92 Å². The van der Waals surface area contributed by atoms with Gasteiger partial charge in [0.15, 0.2) is 0 Å². The molecule has 0 amide bonds. The minimum atomic E-state index is 0.451. The molecule has 2 nitrogen and oxygen atoms in total. The lowest BCUT2D eigenvalue weighted by atomic mass is 9.98. The minimum Gasteiger partial charge on any atom is -0.312 e. The van der Waals surface area contributed by atoms with Crippen LogP contribution in [0.4, 0.5) is 0 Å². The molecule has 18 heavy (non-hydrogen) atoms. The van der Waals surface area contributed by atoms with Crippen LogP contribution in [0.5, 0.6) is 0 Å². The van der Waals surface area contributed by atoms with Crippen molar-refractivity contribution in [3.05, 3.63) is 35.4 Å². The van der Waals surface area contributed by atoms with Gasteiger partial charge in [0.2, 0.25) is 0 Å². The van der Waals surface area contributed by atoms with Gasteiger partial charge in [0.1, 0.15) is 0 Å². The molecule has 0 aliphatic carbocycles. The quantitative estimate of drug-likeness (QED) is 0.878. The molecule has 1 aliphatic rings. The predicted molar refractivity (Wildman–Crippen MR) is 77.9 cm³/mol. The van der Waals surface area contributed by atoms with Gasteiger partial charge in [-0.25, -0.2) is 0 Å². The van der Waals surface area contributed by atoms with Crippen LogP contribution in [0.1, 0.15) is 43.4 Å². The Bertz CT molecular complexity index is 375. The highest BCUT2D eigenvalue weighted by molar-refractivity contribution is 5.29. The standard InChI is InChI=1S/C16H26N2/c1-13-8-4-5-10-15(13)16(17-3)12-18-11-7-6-9-14(18)2/h4-5,8,10,14,16-17H,6-7,9,11-12H2,1-3H3. The van der Waals surface area contributed by atoms with Crippen LogP contribution >= 0.6 is 0 Å². The molecule has 1 heterocycles. The molecule has 0 bridgehead atoms. The van der Waals surface area contributed by atoms with E-state index in [1.165, 1.54) is 36.9 Å². The highest BCUT2D eigenvalue weighted by atomic mass is 15.2. The monoisotopic (exact) mass is 246 g/mol. The third-order valence-electron chi connectivity index (χ3n) is 4.27. The van der Waals surface area contributed by atoms with Crippen LogP contribution in [-0.4, -0.2) is 31.1 Å². The zero-order valence-corrected chi connectivity index (χ0v) is 11.9. The molecule has 2 atom stereocenters. The van der Waals surface area contributed by atoms with E-state index in [-0.39, 0.29) is 0 Å². The molecule has 0 radical (unpaired) electrons. The number of aryl methyl sites for hydroxylation is 1. The first-order chi connectivity index (χ1) is 8.72. The number of piperidine rings is 1. The van der Waals surface area contributed by atoms with Crippen molar-refractivity contribution in [2.75, 3.05) is 20.1 Å². The lowest BCUT2D eigenvalue weighted by molar-refractivity contribution is 0.146. The first-order valence-electron chi connectivity index (χ1n) is 7.19. The zero-order valence-electron chi connectivity index (χ0n) is 11.9. The fraction of sp³-hybridized carbons (Fsp3) is 0.625. The Balaban J connectivity index is 2.07. The minimum absolute atomic E-state index is 0.451. The number of nitrogens with one attached hydrogen (secondary N) is 1. The van der Waals surface area contributed by atoms with Gasteiger partial charge in [-0.2, -0.15) is 0 Å². The van der Waals surface area contributed by atoms with E-state index >= 15 is 0 Å². The lowest BCUT2D eigenvalue weighted by Crippen LogP contribution is -2.42. The molecular formula is C16H26N2. The van der Waals surface area contributed by atoms with E-state index in [0.717, 1.165) is 12.6 Å². The summed E-state index contributed by atoms with van der Waals surface area (Å²) in [5, 5.41) is 3.49. The summed E-state index contributed by atoms with van der Waals surface area (Å²) in [4.78, 5) is 2.64. The third-order valence-corrected chi connectivity index (χ3v) is 4.27. The number of hydrogen-bond acceptors (Lipinski definition) is 2. The van der Waals surface area contributed by atoms with Crippen molar-refractivity contribution in [2.45, 2.75) is 45.2 Å². The molecule has 100 valence electrons. The maximum absolute atomic E-state index is 3.49. The van der Waals surface area contributed by atoms with Gasteiger partial charge in [-0.1, -0.05) is 30.7 Å². The maximum Gasteiger partial charge on any atom is 0.0449 e. The predicted octanol–water partition coefficient (Wildman–Crippen LogP) is 3.13. The molecule has 1 fully saturated rings. The average Bonchev–Trinajstić information content (AvgIpc) is 2.39. The molecule has 0 saturated carbocycles. The van der Waals surface area contributed by atoms with Gasteiger partial charge >= 0.3 is 0 Å². The third kappa shape index (κ3) is 3.12. The SMILES string of the molecule is CNC(CN1CCCCC1C)c1ccccc1C. The fourth-order valence-electron chi connectivity index (χ4n) is 2.99. The molecule has 2 unspecified atom stereocenters. The molecule has 1 N–H and O–H groups in total. The van der Waals surface area contributed by atoms with E-state index in [9.17, 15) is 0 Å². The Morgan fingerprint density at radius 3 is 2.78 bits per heavy atom. The number of benzene rings is 1. The number of likely N-dealkylation sites (N-methyl/N-ethyl adjacent to an activating group) is 1. The van der Waals surface area contributed by atoms with Crippen molar-refractivity contribution >= 4 is 0 Å². The van der Waals surface area contributed by atoms with E-state index < -0.39 is 0 Å². The highest BCUT2D eigenvalue weighted by Gasteiger charge is 2.22. The van der Waals surface area contributed by atoms with Gasteiger partial charge in [-0.05, 0) is 51.4 Å². The fourth-order valence-corrected chi connectivity index (χ4v) is 2.99. The maximum atomic E-state index is 3.49. The molecule has 0 spiro atoms. The van der Waals surface area contributed by atoms with Crippen molar-refractivity contribution in [3.63, 3.8) is 0 Å². The second-order valence-corrected chi connectivity index (χ2v) is 5.54. The number of rotatable bonds is 4. The number of likely N-dealkylation sites (tertiary alicyclic amines) is 1. The van der Waals surface area contributed by atoms with Crippen LogP contribution in [-0.2, 0) is 0 Å². The van der Waals surface area contributed by atoms with Crippen LogP contribution in [0.3, 0.4) is 0 Å². The van der Waals surface area contributed by atoms with Gasteiger partial charge in [0.25, 0.3) is 0 Å². The molecule has 0 aromatic heterocycles. The molecule has 2 heteroatoms. The largest absolute Gasteiger partial charge is 0.312 e. The molecule has 2 rings (SSSR count). The Morgan fingerprint density at radius 1 is 1.33 bits per heavy atom. The molecule has 1 saturated heterocycles. The topological polar surface area (TPSA) is 15.3 Å². The molecular weight excluding hydrogens is 220 g/mol. The summed E-state index contributed by atoms with van der Waals surface area (Å²) in [7, 11) is 2.08. The lowest BCUT2D eigenvalue weighted by Gasteiger charge is -2.36. The molecule has 1 aromatic carbocycles. The Morgan fingerprint density at radius 2 is 2.11 bits per heavy atom. The van der Waals surface area contributed by atoms with Gasteiger partial charge in [-0.15, -0.1) is 0 Å². The van der Waals surface area contributed by atoms with E-state index in [1.807, 2.05) is 0 Å². The van der Waals surface area contributed by atoms with E-state index in [2.05, 4.69) is 55.4 Å². The molecule has 1 aromatic rings. The molecule has 1 aliphatic heterocycles. The van der Waals surface area contributed by atoms with Crippen LogP contribution in [0.2, 0.25) is 0 Å². The normalized spacial score (nSPS) is 22.9. The van der Waals surface area contributed by atoms with Crippen molar-refractivity contribution < 1.29 is 0 Å². The summed E-state index contributed by atoms with van der Waals surface area (Å²) in [5.41, 5.74) is 2.83. The van der Waals surface area contributed by atoms with E-state index in [1.54, 1.807) is 0 Å². The van der Waals surface area contributed by atoms with Gasteiger partial charge in [0.05, 0.1) is 0 Å². The van der Waals surface area contributed by atoms with Crippen molar-refractivity contribution in [1.82, 2.24) is 10.2 Å². The Kier molecular flexibility index (Phi) is 4.79.